The molecule has 1 aliphatic rings. The van der Waals surface area contributed by atoms with E-state index in [0.717, 1.165) is 11.1 Å². The summed E-state index contributed by atoms with van der Waals surface area (Å²) in [4.78, 5) is 30.8. The first-order chi connectivity index (χ1) is 22.9. The van der Waals surface area contributed by atoms with E-state index in [-0.39, 0.29) is 24.1 Å². The molecule has 258 valence electrons. The molecule has 2 heterocycles. The fourth-order valence-electron chi connectivity index (χ4n) is 5.88. The Labute approximate surface area is 278 Å². The van der Waals surface area contributed by atoms with Crippen molar-refractivity contribution in [2.45, 2.75) is 64.7 Å². The number of hydrogen-bond donors (Lipinski definition) is 1. The lowest BCUT2D eigenvalue weighted by Gasteiger charge is -2.24. The standard InChI is InChI=1S/C36H32F6N2O5/c1-18(2)29-10-9-27(28-15-21(7-11-31(28)48-5)26-8-6-22(33(45)46)12-19(26)3)30(43-29)17-44-20(4)32(49-34(44)47)23-13-24(35(37,38)39)16-25(14-23)36(40,41)42/h6-16,18,20,32H,17H2,1-5H3,(H,45,46)/t20?,32-/m0/s1. The zero-order valence-electron chi connectivity index (χ0n) is 27.0. The summed E-state index contributed by atoms with van der Waals surface area (Å²) in [6, 6.07) is 14.0. The number of aryl methyl sites for hydroxylation is 1. The fourth-order valence-corrected chi connectivity index (χ4v) is 5.88. The molecule has 3 aromatic carbocycles. The number of nitrogens with zero attached hydrogens (tertiary/aromatic N) is 2. The van der Waals surface area contributed by atoms with E-state index in [4.69, 9.17) is 14.5 Å². The Morgan fingerprint density at radius 3 is 2.10 bits per heavy atom. The second kappa shape index (κ2) is 13.1. The number of methoxy groups -OCH3 is 1. The SMILES string of the molecule is COc1ccc(-c2ccc(C(=O)O)cc2C)cc1-c1ccc(C(C)C)nc1CN1C(=O)O[C@H](c2cc(C(F)(F)F)cc(C(F)(F)F)c2)C1C. The monoisotopic (exact) mass is 686 g/mol. The topological polar surface area (TPSA) is 89.0 Å². The Balaban J connectivity index is 1.57. The Bertz CT molecular complexity index is 1890. The van der Waals surface area contributed by atoms with Gasteiger partial charge in [0.15, 0.2) is 0 Å². The van der Waals surface area contributed by atoms with Crippen LogP contribution in [0, 0.1) is 6.92 Å². The lowest BCUT2D eigenvalue weighted by atomic mass is 9.93. The van der Waals surface area contributed by atoms with E-state index >= 15 is 0 Å². The normalized spacial score (nSPS) is 16.7. The van der Waals surface area contributed by atoms with Crippen LogP contribution in [0.4, 0.5) is 31.1 Å². The summed E-state index contributed by atoms with van der Waals surface area (Å²) in [5.41, 5.74) is 1.12. The van der Waals surface area contributed by atoms with Crippen molar-refractivity contribution in [1.29, 1.82) is 0 Å². The maximum absolute atomic E-state index is 13.6. The average Bonchev–Trinajstić information content (AvgIpc) is 3.31. The van der Waals surface area contributed by atoms with Crippen LogP contribution >= 0.6 is 0 Å². The predicted octanol–water partition coefficient (Wildman–Crippen LogP) is 9.67. The van der Waals surface area contributed by atoms with Gasteiger partial charge in [0.25, 0.3) is 0 Å². The van der Waals surface area contributed by atoms with Crippen molar-refractivity contribution in [1.82, 2.24) is 9.88 Å². The van der Waals surface area contributed by atoms with Gasteiger partial charge in [-0.25, -0.2) is 9.59 Å². The Morgan fingerprint density at radius 2 is 1.55 bits per heavy atom. The molecule has 0 radical (unpaired) electrons. The third kappa shape index (κ3) is 7.20. The molecule has 1 fully saturated rings. The number of ether oxygens (including phenoxy) is 2. The molecule has 7 nitrogen and oxygen atoms in total. The van der Waals surface area contributed by atoms with Crippen LogP contribution in [-0.2, 0) is 23.6 Å². The van der Waals surface area contributed by atoms with Crippen LogP contribution in [0.25, 0.3) is 22.3 Å². The highest BCUT2D eigenvalue weighted by Crippen LogP contribution is 2.42. The third-order valence-electron chi connectivity index (χ3n) is 8.51. The van der Waals surface area contributed by atoms with Gasteiger partial charge in [0.2, 0.25) is 0 Å². The van der Waals surface area contributed by atoms with Gasteiger partial charge in [-0.05, 0) is 90.6 Å². The number of rotatable bonds is 8. The minimum absolute atomic E-state index is 0.0276. The number of carboxylic acid groups (broad SMARTS) is 1. The summed E-state index contributed by atoms with van der Waals surface area (Å²) < 4.78 is 92.8. The van der Waals surface area contributed by atoms with Crippen LogP contribution in [0.2, 0.25) is 0 Å². The average molecular weight is 687 g/mol. The van der Waals surface area contributed by atoms with E-state index < -0.39 is 53.3 Å². The van der Waals surface area contributed by atoms with E-state index in [9.17, 15) is 41.0 Å². The summed E-state index contributed by atoms with van der Waals surface area (Å²) in [6.45, 7) is 6.93. The number of carbonyl (C=O) groups is 2. The maximum atomic E-state index is 13.6. The molecule has 1 aliphatic heterocycles. The second-order valence-electron chi connectivity index (χ2n) is 12.1. The number of cyclic esters (lactones) is 1. The molecule has 49 heavy (non-hydrogen) atoms. The molecule has 1 unspecified atom stereocenters. The van der Waals surface area contributed by atoms with Gasteiger partial charge >= 0.3 is 24.4 Å². The molecule has 0 saturated carbocycles. The molecule has 0 bridgehead atoms. The van der Waals surface area contributed by atoms with Crippen LogP contribution in [0.5, 0.6) is 5.75 Å². The van der Waals surface area contributed by atoms with Crippen molar-refractivity contribution in [3.8, 4) is 28.0 Å². The van der Waals surface area contributed by atoms with Crippen LogP contribution < -0.4 is 4.74 Å². The first-order valence-electron chi connectivity index (χ1n) is 15.2. The smallest absolute Gasteiger partial charge is 0.416 e. The van der Waals surface area contributed by atoms with E-state index in [2.05, 4.69) is 0 Å². The van der Waals surface area contributed by atoms with Gasteiger partial charge in [-0.1, -0.05) is 32.0 Å². The number of aromatic nitrogens is 1. The second-order valence-corrected chi connectivity index (χ2v) is 12.1. The zero-order valence-corrected chi connectivity index (χ0v) is 27.0. The van der Waals surface area contributed by atoms with Crippen molar-refractivity contribution in [2.24, 2.45) is 0 Å². The maximum Gasteiger partial charge on any atom is 0.416 e. The Hall–Kier alpha value is -5.07. The Morgan fingerprint density at radius 1 is 0.918 bits per heavy atom. The van der Waals surface area contributed by atoms with Crippen molar-refractivity contribution in [3.63, 3.8) is 0 Å². The van der Waals surface area contributed by atoms with Gasteiger partial charge in [0.1, 0.15) is 11.9 Å². The summed E-state index contributed by atoms with van der Waals surface area (Å²) in [7, 11) is 1.48. The molecule has 0 aliphatic carbocycles. The van der Waals surface area contributed by atoms with Crippen molar-refractivity contribution in [2.75, 3.05) is 7.11 Å². The highest BCUT2D eigenvalue weighted by Gasteiger charge is 2.43. The van der Waals surface area contributed by atoms with Gasteiger partial charge in [0.05, 0.1) is 42.1 Å². The van der Waals surface area contributed by atoms with E-state index in [1.54, 1.807) is 25.1 Å². The summed E-state index contributed by atoms with van der Waals surface area (Å²) in [5.74, 6) is -0.628. The lowest BCUT2D eigenvalue weighted by Crippen LogP contribution is -2.32. The van der Waals surface area contributed by atoms with E-state index in [1.807, 2.05) is 38.1 Å². The number of aromatic carboxylic acids is 1. The molecule has 0 spiro atoms. The lowest BCUT2D eigenvalue weighted by molar-refractivity contribution is -0.143. The highest BCUT2D eigenvalue weighted by atomic mass is 19.4. The van der Waals surface area contributed by atoms with E-state index in [0.29, 0.717) is 46.0 Å². The minimum atomic E-state index is -5.07. The molecule has 2 atom stereocenters. The summed E-state index contributed by atoms with van der Waals surface area (Å²) in [6.07, 6.45) is -12.5. The largest absolute Gasteiger partial charge is 0.496 e. The molecule has 13 heteroatoms. The fraction of sp³-hybridized carbons (Fsp3) is 0.306. The molecule has 1 N–H and O–H groups in total. The molecule has 5 rings (SSSR count). The van der Waals surface area contributed by atoms with Gasteiger partial charge in [-0.2, -0.15) is 26.3 Å². The van der Waals surface area contributed by atoms with Gasteiger partial charge in [-0.15, -0.1) is 0 Å². The number of halogens is 6. The Kier molecular flexibility index (Phi) is 9.42. The predicted molar refractivity (Wildman–Crippen MR) is 168 cm³/mol. The number of carboxylic acids is 1. The first kappa shape index (κ1) is 35.2. The van der Waals surface area contributed by atoms with Crippen LogP contribution in [-0.4, -0.2) is 40.2 Å². The van der Waals surface area contributed by atoms with Crippen LogP contribution in [0.3, 0.4) is 0 Å². The van der Waals surface area contributed by atoms with Crippen molar-refractivity contribution >= 4 is 12.1 Å². The highest BCUT2D eigenvalue weighted by molar-refractivity contribution is 5.89. The van der Waals surface area contributed by atoms with Crippen LogP contribution in [0.15, 0.2) is 66.7 Å². The molecular formula is C36H32F6N2O5. The third-order valence-corrected chi connectivity index (χ3v) is 8.51. The zero-order chi connectivity index (χ0) is 36.0. The minimum Gasteiger partial charge on any atom is -0.496 e. The van der Waals surface area contributed by atoms with Crippen molar-refractivity contribution < 1.29 is 50.5 Å². The van der Waals surface area contributed by atoms with Gasteiger partial charge in [0, 0.05) is 16.8 Å². The summed E-state index contributed by atoms with van der Waals surface area (Å²) >= 11 is 0. The number of amides is 1. The molecule has 1 amide bonds. The molecular weight excluding hydrogens is 654 g/mol. The number of carbonyl (C=O) groups excluding carboxylic acids is 1. The number of benzene rings is 3. The molecule has 1 saturated heterocycles. The summed E-state index contributed by atoms with van der Waals surface area (Å²) in [5, 5.41) is 9.40. The van der Waals surface area contributed by atoms with E-state index in [1.165, 1.54) is 25.0 Å². The molecule has 1 aromatic heterocycles. The van der Waals surface area contributed by atoms with Gasteiger partial charge in [-0.3, -0.25) is 9.88 Å². The first-order valence-corrected chi connectivity index (χ1v) is 15.2. The van der Waals surface area contributed by atoms with Gasteiger partial charge < -0.3 is 14.6 Å². The number of hydrogen-bond acceptors (Lipinski definition) is 5. The molecule has 4 aromatic rings. The quantitative estimate of drug-likeness (QED) is 0.186. The number of pyridine rings is 1. The van der Waals surface area contributed by atoms with Crippen molar-refractivity contribution in [3.05, 3.63) is 106 Å². The van der Waals surface area contributed by atoms with Crippen LogP contribution in [0.1, 0.15) is 76.8 Å². The number of alkyl halides is 6.